The summed E-state index contributed by atoms with van der Waals surface area (Å²) in [4.78, 5) is 14.9. The maximum absolute atomic E-state index is 11.1. The van der Waals surface area contributed by atoms with Gasteiger partial charge in [0.2, 0.25) is 0 Å². The smallest absolute Gasteiger partial charge is 0.278 e. The zero-order valence-corrected chi connectivity index (χ0v) is 12.4. The van der Waals surface area contributed by atoms with Crippen LogP contribution in [0.15, 0.2) is 24.4 Å². The van der Waals surface area contributed by atoms with Crippen molar-refractivity contribution in [3.63, 3.8) is 0 Å². The van der Waals surface area contributed by atoms with Crippen LogP contribution in [-0.2, 0) is 4.74 Å². The molecule has 1 N–H and O–H groups in total. The lowest BCUT2D eigenvalue weighted by Crippen LogP contribution is -2.16. The van der Waals surface area contributed by atoms with Gasteiger partial charge in [-0.1, -0.05) is 6.92 Å². The fourth-order valence-corrected chi connectivity index (χ4v) is 2.27. The highest BCUT2D eigenvalue weighted by Crippen LogP contribution is 2.31. The molecular weight excluding hydrogens is 270 g/mol. The van der Waals surface area contributed by atoms with Crippen LogP contribution in [0.4, 0.5) is 11.4 Å². The molecular formula is C15H19N3O3. The number of nitro groups is 1. The van der Waals surface area contributed by atoms with E-state index in [4.69, 9.17) is 4.74 Å². The molecule has 0 spiro atoms. The van der Waals surface area contributed by atoms with Gasteiger partial charge in [0.05, 0.1) is 16.9 Å². The van der Waals surface area contributed by atoms with E-state index >= 15 is 0 Å². The molecule has 0 radical (unpaired) electrons. The van der Waals surface area contributed by atoms with Crippen LogP contribution >= 0.6 is 0 Å². The molecule has 0 aliphatic rings. The molecule has 0 saturated carbocycles. The summed E-state index contributed by atoms with van der Waals surface area (Å²) in [5.74, 6) is 0.350. The number of benzene rings is 1. The molecule has 0 bridgehead atoms. The molecule has 0 aliphatic carbocycles. The van der Waals surface area contributed by atoms with Crippen molar-refractivity contribution in [2.75, 3.05) is 25.6 Å². The van der Waals surface area contributed by atoms with Crippen LogP contribution < -0.4 is 5.32 Å². The Morgan fingerprint density at radius 1 is 1.43 bits per heavy atom. The largest absolute Gasteiger partial charge is 0.384 e. The summed E-state index contributed by atoms with van der Waals surface area (Å²) in [5.41, 5.74) is 1.79. The van der Waals surface area contributed by atoms with Crippen LogP contribution in [0.2, 0.25) is 0 Å². The van der Waals surface area contributed by atoms with Crippen LogP contribution in [-0.4, -0.2) is 30.2 Å². The molecule has 1 aromatic heterocycles. The number of nitro benzene ring substituents is 1. The second-order valence-corrected chi connectivity index (χ2v) is 5.20. The van der Waals surface area contributed by atoms with Crippen LogP contribution in [0.5, 0.6) is 0 Å². The van der Waals surface area contributed by atoms with Gasteiger partial charge < -0.3 is 10.1 Å². The summed E-state index contributed by atoms with van der Waals surface area (Å²) in [6.45, 7) is 5.35. The van der Waals surface area contributed by atoms with Crippen LogP contribution in [0.3, 0.4) is 0 Å². The number of hydrogen-bond acceptors (Lipinski definition) is 5. The average Bonchev–Trinajstić information content (AvgIpc) is 2.44. The van der Waals surface area contributed by atoms with Crippen molar-refractivity contribution in [1.29, 1.82) is 0 Å². The molecule has 0 amide bonds. The van der Waals surface area contributed by atoms with E-state index in [1.165, 1.54) is 6.07 Å². The maximum Gasteiger partial charge on any atom is 0.278 e. The summed E-state index contributed by atoms with van der Waals surface area (Å²) in [7, 11) is 1.67. The lowest BCUT2D eigenvalue weighted by molar-refractivity contribution is -0.383. The Balaban J connectivity index is 2.38. The van der Waals surface area contributed by atoms with Gasteiger partial charge in [-0.25, -0.2) is 0 Å². The number of fused-ring (bicyclic) bond motifs is 1. The lowest BCUT2D eigenvalue weighted by atomic mass is 10.1. The van der Waals surface area contributed by atoms with E-state index in [9.17, 15) is 10.1 Å². The van der Waals surface area contributed by atoms with E-state index in [0.717, 1.165) is 23.3 Å². The Hall–Kier alpha value is -2.21. The highest BCUT2D eigenvalue weighted by atomic mass is 16.6. The number of non-ortho nitro benzene ring substituents is 1. The zero-order chi connectivity index (χ0) is 15.4. The first-order valence-electron chi connectivity index (χ1n) is 6.79. The molecule has 0 saturated heterocycles. The number of methoxy groups -OCH3 is 1. The third-order valence-electron chi connectivity index (χ3n) is 3.30. The van der Waals surface area contributed by atoms with E-state index in [-0.39, 0.29) is 10.6 Å². The molecule has 21 heavy (non-hydrogen) atoms. The minimum absolute atomic E-state index is 0.0768. The topological polar surface area (TPSA) is 77.3 Å². The molecule has 6 heteroatoms. The maximum atomic E-state index is 11.1. The Morgan fingerprint density at radius 3 is 2.86 bits per heavy atom. The minimum Gasteiger partial charge on any atom is -0.384 e. The number of anilines is 1. The van der Waals surface area contributed by atoms with Crippen molar-refractivity contribution >= 4 is 22.1 Å². The summed E-state index contributed by atoms with van der Waals surface area (Å²) >= 11 is 0. The Bertz CT molecular complexity index is 658. The van der Waals surface area contributed by atoms with Gasteiger partial charge in [0.1, 0.15) is 0 Å². The van der Waals surface area contributed by atoms with E-state index in [1.54, 1.807) is 19.4 Å². The Labute approximate surface area is 123 Å². The highest BCUT2D eigenvalue weighted by molar-refractivity contribution is 5.99. The SMILES string of the molecule is COCC(C)CNc1ccc([N+](=O)[O-])c2cnc(C)cc12. The van der Waals surface area contributed by atoms with Gasteiger partial charge in [0.15, 0.2) is 0 Å². The van der Waals surface area contributed by atoms with Gasteiger partial charge in [-0.2, -0.15) is 0 Å². The van der Waals surface area contributed by atoms with Crippen LogP contribution in [0.25, 0.3) is 10.8 Å². The van der Waals surface area contributed by atoms with Gasteiger partial charge in [0.25, 0.3) is 5.69 Å². The molecule has 1 aromatic carbocycles. The first-order chi connectivity index (χ1) is 10.0. The summed E-state index contributed by atoms with van der Waals surface area (Å²) in [6.07, 6.45) is 1.56. The van der Waals surface area contributed by atoms with E-state index < -0.39 is 0 Å². The monoisotopic (exact) mass is 289 g/mol. The fourth-order valence-electron chi connectivity index (χ4n) is 2.27. The number of nitrogens with zero attached hydrogens (tertiary/aromatic N) is 2. The second-order valence-electron chi connectivity index (χ2n) is 5.20. The normalized spacial score (nSPS) is 12.3. The number of pyridine rings is 1. The first-order valence-corrected chi connectivity index (χ1v) is 6.79. The molecule has 2 rings (SSSR count). The first kappa shape index (κ1) is 15.2. The van der Waals surface area contributed by atoms with Crippen molar-refractivity contribution in [3.05, 3.63) is 40.2 Å². The fraction of sp³-hybridized carbons (Fsp3) is 0.400. The van der Waals surface area contributed by atoms with Crippen LogP contribution in [0, 0.1) is 23.0 Å². The number of nitrogens with one attached hydrogen (secondary N) is 1. The van der Waals surface area contributed by atoms with Gasteiger partial charge in [-0.15, -0.1) is 0 Å². The van der Waals surface area contributed by atoms with Crippen molar-refractivity contribution in [3.8, 4) is 0 Å². The number of aryl methyl sites for hydroxylation is 1. The molecule has 2 aromatic rings. The molecule has 112 valence electrons. The predicted octanol–water partition coefficient (Wildman–Crippen LogP) is 3.15. The molecule has 1 atom stereocenters. The standard InChI is InChI=1S/C15H19N3O3/c1-10(9-21-3)7-17-14-4-5-15(18(19)20)13-8-16-11(2)6-12(13)14/h4-6,8,10,17H,7,9H2,1-3H3. The van der Waals surface area contributed by atoms with Crippen molar-refractivity contribution < 1.29 is 9.66 Å². The highest BCUT2D eigenvalue weighted by Gasteiger charge is 2.15. The predicted molar refractivity (Wildman–Crippen MR) is 82.7 cm³/mol. The quantitative estimate of drug-likeness (QED) is 0.653. The molecule has 6 nitrogen and oxygen atoms in total. The van der Waals surface area contributed by atoms with E-state index in [2.05, 4.69) is 17.2 Å². The number of rotatable bonds is 6. The lowest BCUT2D eigenvalue weighted by Gasteiger charge is -2.14. The van der Waals surface area contributed by atoms with Crippen molar-refractivity contribution in [1.82, 2.24) is 4.98 Å². The Kier molecular flexibility index (Phi) is 4.70. The third-order valence-corrected chi connectivity index (χ3v) is 3.30. The number of aromatic nitrogens is 1. The molecule has 0 fully saturated rings. The molecule has 0 aliphatic heterocycles. The number of ether oxygens (including phenoxy) is 1. The van der Waals surface area contributed by atoms with Gasteiger partial charge in [-0.3, -0.25) is 15.1 Å². The Morgan fingerprint density at radius 2 is 2.19 bits per heavy atom. The van der Waals surface area contributed by atoms with Crippen molar-refractivity contribution in [2.24, 2.45) is 5.92 Å². The molecule has 1 heterocycles. The zero-order valence-electron chi connectivity index (χ0n) is 12.4. The second kappa shape index (κ2) is 6.49. The van der Waals surface area contributed by atoms with Gasteiger partial charge in [0, 0.05) is 42.7 Å². The van der Waals surface area contributed by atoms with Crippen LogP contribution in [0.1, 0.15) is 12.6 Å². The summed E-state index contributed by atoms with van der Waals surface area (Å²) in [6, 6.07) is 5.13. The minimum atomic E-state index is -0.378. The summed E-state index contributed by atoms with van der Waals surface area (Å²) in [5, 5.41) is 15.8. The number of hydrogen-bond donors (Lipinski definition) is 1. The van der Waals surface area contributed by atoms with E-state index in [1.807, 2.05) is 13.0 Å². The van der Waals surface area contributed by atoms with E-state index in [0.29, 0.717) is 17.9 Å². The summed E-state index contributed by atoms with van der Waals surface area (Å²) < 4.78 is 5.11. The third kappa shape index (κ3) is 3.46. The van der Waals surface area contributed by atoms with Crippen molar-refractivity contribution in [2.45, 2.75) is 13.8 Å². The molecule has 1 unspecified atom stereocenters. The van der Waals surface area contributed by atoms with Gasteiger partial charge in [-0.05, 0) is 25.0 Å². The average molecular weight is 289 g/mol. The van der Waals surface area contributed by atoms with Gasteiger partial charge >= 0.3 is 0 Å².